The number of hydrogen-bond donors (Lipinski definition) is 2. The number of nitrogens with one attached hydrogen (secondary N) is 2. The van der Waals surface area contributed by atoms with Crippen LogP contribution in [0.3, 0.4) is 0 Å². The lowest BCUT2D eigenvalue weighted by Gasteiger charge is -2.31. The first-order chi connectivity index (χ1) is 12.1. The minimum absolute atomic E-state index is 0.0224. The normalized spacial score (nSPS) is 15.7. The van der Waals surface area contributed by atoms with Gasteiger partial charge in [0, 0.05) is 30.9 Å². The number of amides is 2. The molecule has 2 amide bonds. The van der Waals surface area contributed by atoms with E-state index < -0.39 is 0 Å². The van der Waals surface area contributed by atoms with E-state index in [4.69, 9.17) is 4.52 Å². The number of hydrogen-bond acceptors (Lipinski definition) is 5. The van der Waals surface area contributed by atoms with E-state index in [0.717, 1.165) is 31.6 Å². The third kappa shape index (κ3) is 4.90. The van der Waals surface area contributed by atoms with E-state index >= 15 is 0 Å². The number of carbonyl (C=O) groups is 2. The van der Waals surface area contributed by atoms with Gasteiger partial charge in [0.25, 0.3) is 5.91 Å². The summed E-state index contributed by atoms with van der Waals surface area (Å²) in [5.74, 6) is -0.0196. The van der Waals surface area contributed by atoms with Gasteiger partial charge in [0.1, 0.15) is 0 Å². The zero-order valence-corrected chi connectivity index (χ0v) is 14.2. The highest BCUT2D eigenvalue weighted by atomic mass is 16.5. The Balaban J connectivity index is 1.41. The maximum atomic E-state index is 12.1. The lowest BCUT2D eigenvalue weighted by molar-refractivity contribution is -0.117. The first-order valence-corrected chi connectivity index (χ1v) is 8.41. The molecule has 25 heavy (non-hydrogen) atoms. The molecule has 7 nitrogen and oxygen atoms in total. The van der Waals surface area contributed by atoms with Crippen molar-refractivity contribution in [1.29, 1.82) is 0 Å². The summed E-state index contributed by atoms with van der Waals surface area (Å²) in [6, 6.07) is 11.1. The molecule has 0 radical (unpaired) electrons. The summed E-state index contributed by atoms with van der Waals surface area (Å²) in [6.45, 7) is 3.67. The standard InChI is InChI=1S/C18H22N4O3/c1-13-11-16(25-21-13)18(24)20-15-7-9-22(10-8-15)12-17(23)19-14-5-3-2-4-6-14/h2-6,11,15H,7-10,12H2,1H3,(H,19,23)(H,20,24). The van der Waals surface area contributed by atoms with Gasteiger partial charge in [0.05, 0.1) is 12.2 Å². The molecule has 1 aromatic carbocycles. The fourth-order valence-corrected chi connectivity index (χ4v) is 2.89. The van der Waals surface area contributed by atoms with Crippen molar-refractivity contribution in [2.75, 3.05) is 25.0 Å². The number of piperidine rings is 1. The van der Waals surface area contributed by atoms with Crippen molar-refractivity contribution in [2.45, 2.75) is 25.8 Å². The molecule has 2 aromatic rings. The molecule has 0 bridgehead atoms. The smallest absolute Gasteiger partial charge is 0.290 e. The van der Waals surface area contributed by atoms with Crippen LogP contribution in [0.15, 0.2) is 40.9 Å². The summed E-state index contributed by atoms with van der Waals surface area (Å²) >= 11 is 0. The predicted octanol–water partition coefficient (Wildman–Crippen LogP) is 1.82. The van der Waals surface area contributed by atoms with Crippen LogP contribution in [0.2, 0.25) is 0 Å². The van der Waals surface area contributed by atoms with Crippen LogP contribution in [-0.4, -0.2) is 47.5 Å². The summed E-state index contributed by atoms with van der Waals surface area (Å²) in [7, 11) is 0. The van der Waals surface area contributed by atoms with Gasteiger partial charge in [-0.25, -0.2) is 0 Å². The van der Waals surface area contributed by atoms with E-state index in [1.807, 2.05) is 30.3 Å². The maximum absolute atomic E-state index is 12.1. The summed E-state index contributed by atoms with van der Waals surface area (Å²) < 4.78 is 4.97. The highest BCUT2D eigenvalue weighted by Gasteiger charge is 2.23. The molecular weight excluding hydrogens is 320 g/mol. The molecule has 0 aliphatic carbocycles. The Kier molecular flexibility index (Phi) is 5.45. The van der Waals surface area contributed by atoms with Crippen molar-refractivity contribution in [3.8, 4) is 0 Å². The molecule has 1 fully saturated rings. The molecule has 3 rings (SSSR count). The van der Waals surface area contributed by atoms with Crippen molar-refractivity contribution >= 4 is 17.5 Å². The van der Waals surface area contributed by atoms with Crippen LogP contribution < -0.4 is 10.6 Å². The van der Waals surface area contributed by atoms with Crippen LogP contribution in [-0.2, 0) is 4.79 Å². The Hall–Kier alpha value is -2.67. The Bertz CT molecular complexity index is 721. The van der Waals surface area contributed by atoms with Crippen molar-refractivity contribution in [1.82, 2.24) is 15.4 Å². The zero-order valence-electron chi connectivity index (χ0n) is 14.2. The summed E-state index contributed by atoms with van der Waals surface area (Å²) in [5.41, 5.74) is 1.49. The van der Waals surface area contributed by atoms with Gasteiger partial charge in [0.2, 0.25) is 11.7 Å². The van der Waals surface area contributed by atoms with Crippen LogP contribution in [0.5, 0.6) is 0 Å². The van der Waals surface area contributed by atoms with Crippen molar-refractivity contribution in [3.63, 3.8) is 0 Å². The second-order valence-electron chi connectivity index (χ2n) is 6.27. The molecular formula is C18H22N4O3. The van der Waals surface area contributed by atoms with Crippen LogP contribution in [0.25, 0.3) is 0 Å². The minimum Gasteiger partial charge on any atom is -0.351 e. The lowest BCUT2D eigenvalue weighted by atomic mass is 10.0. The van der Waals surface area contributed by atoms with Crippen LogP contribution in [0.4, 0.5) is 5.69 Å². The van der Waals surface area contributed by atoms with Gasteiger partial charge in [-0.15, -0.1) is 0 Å². The highest BCUT2D eigenvalue weighted by Crippen LogP contribution is 2.12. The van der Waals surface area contributed by atoms with Crippen LogP contribution >= 0.6 is 0 Å². The molecule has 0 spiro atoms. The molecule has 1 aromatic heterocycles. The Morgan fingerprint density at radius 2 is 1.96 bits per heavy atom. The van der Waals surface area contributed by atoms with E-state index in [0.29, 0.717) is 12.2 Å². The molecule has 0 atom stereocenters. The molecule has 2 heterocycles. The van der Waals surface area contributed by atoms with Crippen molar-refractivity contribution in [2.24, 2.45) is 0 Å². The summed E-state index contributed by atoms with van der Waals surface area (Å²) in [6.07, 6.45) is 1.61. The fourth-order valence-electron chi connectivity index (χ4n) is 2.89. The average Bonchev–Trinajstić information content (AvgIpc) is 3.04. The molecule has 132 valence electrons. The third-order valence-corrected chi connectivity index (χ3v) is 4.20. The maximum Gasteiger partial charge on any atom is 0.290 e. The molecule has 2 N–H and O–H groups in total. The van der Waals surface area contributed by atoms with E-state index in [-0.39, 0.29) is 23.6 Å². The molecule has 7 heteroatoms. The van der Waals surface area contributed by atoms with E-state index in [1.165, 1.54) is 0 Å². The molecule has 1 aliphatic heterocycles. The number of aromatic nitrogens is 1. The number of rotatable bonds is 5. The number of nitrogens with zero attached hydrogens (tertiary/aromatic N) is 2. The van der Waals surface area contributed by atoms with Crippen molar-refractivity contribution in [3.05, 3.63) is 47.9 Å². The largest absolute Gasteiger partial charge is 0.351 e. The monoisotopic (exact) mass is 342 g/mol. The highest BCUT2D eigenvalue weighted by molar-refractivity contribution is 5.92. The van der Waals surface area contributed by atoms with Gasteiger partial charge in [-0.3, -0.25) is 14.5 Å². The lowest BCUT2D eigenvalue weighted by Crippen LogP contribution is -2.46. The van der Waals surface area contributed by atoms with Gasteiger partial charge in [-0.1, -0.05) is 23.4 Å². The van der Waals surface area contributed by atoms with E-state index in [2.05, 4.69) is 20.7 Å². The number of likely N-dealkylation sites (tertiary alicyclic amines) is 1. The Labute approximate surface area is 146 Å². The Morgan fingerprint density at radius 3 is 2.60 bits per heavy atom. The topological polar surface area (TPSA) is 87.5 Å². The fraction of sp³-hybridized carbons (Fsp3) is 0.389. The van der Waals surface area contributed by atoms with Gasteiger partial charge < -0.3 is 15.2 Å². The number of para-hydroxylation sites is 1. The number of aryl methyl sites for hydroxylation is 1. The quantitative estimate of drug-likeness (QED) is 0.865. The second kappa shape index (κ2) is 7.94. The zero-order chi connectivity index (χ0) is 17.6. The predicted molar refractivity (Wildman–Crippen MR) is 93.2 cm³/mol. The summed E-state index contributed by atoms with van der Waals surface area (Å²) in [5, 5.41) is 9.57. The van der Waals surface area contributed by atoms with Gasteiger partial charge in [-0.05, 0) is 31.9 Å². The summed E-state index contributed by atoms with van der Waals surface area (Å²) in [4.78, 5) is 26.2. The second-order valence-corrected chi connectivity index (χ2v) is 6.27. The van der Waals surface area contributed by atoms with Gasteiger partial charge in [-0.2, -0.15) is 0 Å². The molecule has 1 saturated heterocycles. The van der Waals surface area contributed by atoms with E-state index in [1.54, 1.807) is 13.0 Å². The van der Waals surface area contributed by atoms with Crippen LogP contribution in [0, 0.1) is 6.92 Å². The third-order valence-electron chi connectivity index (χ3n) is 4.20. The molecule has 1 aliphatic rings. The van der Waals surface area contributed by atoms with Gasteiger partial charge in [0.15, 0.2) is 0 Å². The molecule has 0 unspecified atom stereocenters. The van der Waals surface area contributed by atoms with Gasteiger partial charge >= 0.3 is 0 Å². The number of carbonyl (C=O) groups excluding carboxylic acids is 2. The molecule has 0 saturated carbocycles. The number of benzene rings is 1. The number of anilines is 1. The minimum atomic E-state index is -0.235. The average molecular weight is 342 g/mol. The van der Waals surface area contributed by atoms with Crippen molar-refractivity contribution < 1.29 is 14.1 Å². The first kappa shape index (κ1) is 17.2. The van der Waals surface area contributed by atoms with E-state index in [9.17, 15) is 9.59 Å². The SMILES string of the molecule is Cc1cc(C(=O)NC2CCN(CC(=O)Nc3ccccc3)CC2)on1. The van der Waals surface area contributed by atoms with Crippen LogP contribution in [0.1, 0.15) is 29.1 Å². The Morgan fingerprint density at radius 1 is 1.24 bits per heavy atom. The first-order valence-electron chi connectivity index (χ1n) is 8.41.